The number of ether oxygens (including phenoxy) is 1. The van der Waals surface area contributed by atoms with Gasteiger partial charge in [0.2, 0.25) is 0 Å². The van der Waals surface area contributed by atoms with Gasteiger partial charge in [-0.05, 0) is 0 Å². The van der Waals surface area contributed by atoms with E-state index in [4.69, 9.17) is 9.84 Å². The van der Waals surface area contributed by atoms with E-state index in [-0.39, 0.29) is 0 Å². The van der Waals surface area contributed by atoms with Crippen molar-refractivity contribution in [3.63, 3.8) is 0 Å². The number of imidazole rings is 1. The molecule has 0 aliphatic heterocycles. The SMILES string of the molecule is CO[C@@H](Cc1cn(C)cn1)C(=O)O. The monoisotopic (exact) mass is 184 g/mol. The van der Waals surface area contributed by atoms with Crippen LogP contribution < -0.4 is 0 Å². The molecule has 0 aromatic carbocycles. The minimum Gasteiger partial charge on any atom is -0.479 e. The van der Waals surface area contributed by atoms with E-state index in [1.54, 1.807) is 17.1 Å². The molecule has 1 aromatic rings. The van der Waals surface area contributed by atoms with Crippen LogP contribution in [0.2, 0.25) is 0 Å². The molecular weight excluding hydrogens is 172 g/mol. The third kappa shape index (κ3) is 2.55. The van der Waals surface area contributed by atoms with Crippen LogP contribution >= 0.6 is 0 Å². The highest BCUT2D eigenvalue weighted by Crippen LogP contribution is 2.02. The summed E-state index contributed by atoms with van der Waals surface area (Å²) in [7, 11) is 3.21. The number of nitrogens with zero attached hydrogens (tertiary/aromatic N) is 2. The minimum absolute atomic E-state index is 0.298. The molecule has 1 aromatic heterocycles. The Kier molecular flexibility index (Phi) is 3.02. The molecule has 1 rings (SSSR count). The van der Waals surface area contributed by atoms with Crippen molar-refractivity contribution in [1.82, 2.24) is 9.55 Å². The van der Waals surface area contributed by atoms with Crippen LogP contribution in [-0.2, 0) is 23.0 Å². The molecule has 5 heteroatoms. The van der Waals surface area contributed by atoms with Gasteiger partial charge in [0.25, 0.3) is 0 Å². The lowest BCUT2D eigenvalue weighted by atomic mass is 10.2. The smallest absolute Gasteiger partial charge is 0.333 e. The van der Waals surface area contributed by atoms with Crippen LogP contribution in [0.4, 0.5) is 0 Å². The summed E-state index contributed by atoms with van der Waals surface area (Å²) in [6, 6.07) is 0. The summed E-state index contributed by atoms with van der Waals surface area (Å²) in [4.78, 5) is 14.6. The van der Waals surface area contributed by atoms with Gasteiger partial charge in [0.1, 0.15) is 0 Å². The van der Waals surface area contributed by atoms with Crippen LogP contribution in [0.25, 0.3) is 0 Å². The fraction of sp³-hybridized carbons (Fsp3) is 0.500. The van der Waals surface area contributed by atoms with Gasteiger partial charge in [-0.15, -0.1) is 0 Å². The lowest BCUT2D eigenvalue weighted by molar-refractivity contribution is -0.148. The van der Waals surface area contributed by atoms with E-state index in [0.717, 1.165) is 5.69 Å². The van der Waals surface area contributed by atoms with Gasteiger partial charge in [0.15, 0.2) is 6.10 Å². The Hall–Kier alpha value is -1.36. The molecule has 0 aliphatic carbocycles. The van der Waals surface area contributed by atoms with E-state index in [1.165, 1.54) is 7.11 Å². The molecule has 0 saturated heterocycles. The second-order valence-electron chi connectivity index (χ2n) is 2.80. The van der Waals surface area contributed by atoms with Crippen molar-refractivity contribution < 1.29 is 14.6 Å². The normalized spacial score (nSPS) is 12.8. The van der Waals surface area contributed by atoms with E-state index in [0.29, 0.717) is 6.42 Å². The number of methoxy groups -OCH3 is 1. The summed E-state index contributed by atoms with van der Waals surface area (Å²) in [6.07, 6.45) is 2.89. The number of hydrogen-bond acceptors (Lipinski definition) is 3. The fourth-order valence-electron chi connectivity index (χ4n) is 1.03. The Bertz CT molecular complexity index is 295. The predicted molar refractivity (Wildman–Crippen MR) is 45.3 cm³/mol. The maximum absolute atomic E-state index is 10.6. The summed E-state index contributed by atoms with van der Waals surface area (Å²) in [5.41, 5.74) is 0.719. The first kappa shape index (κ1) is 9.73. The zero-order valence-electron chi connectivity index (χ0n) is 7.60. The van der Waals surface area contributed by atoms with E-state index in [9.17, 15) is 4.79 Å². The van der Waals surface area contributed by atoms with Crippen LogP contribution in [0.5, 0.6) is 0 Å². The molecule has 0 bridgehead atoms. The molecule has 0 unspecified atom stereocenters. The van der Waals surface area contributed by atoms with Crippen LogP contribution in [0.1, 0.15) is 5.69 Å². The molecule has 13 heavy (non-hydrogen) atoms. The highest BCUT2D eigenvalue weighted by Gasteiger charge is 2.17. The molecule has 0 spiro atoms. The van der Waals surface area contributed by atoms with Gasteiger partial charge in [0.05, 0.1) is 12.0 Å². The lowest BCUT2D eigenvalue weighted by Gasteiger charge is -2.07. The first-order chi connectivity index (χ1) is 6.13. The van der Waals surface area contributed by atoms with Crippen molar-refractivity contribution in [2.75, 3.05) is 7.11 Å². The second-order valence-corrected chi connectivity index (χ2v) is 2.80. The maximum atomic E-state index is 10.6. The molecule has 5 nitrogen and oxygen atoms in total. The van der Waals surface area contributed by atoms with Crippen molar-refractivity contribution in [1.29, 1.82) is 0 Å². The number of carboxylic acid groups (broad SMARTS) is 1. The Morgan fingerprint density at radius 1 is 1.85 bits per heavy atom. The third-order valence-electron chi connectivity index (χ3n) is 1.71. The number of aromatic nitrogens is 2. The van der Waals surface area contributed by atoms with Crippen LogP contribution in [0, 0.1) is 0 Å². The highest BCUT2D eigenvalue weighted by atomic mass is 16.5. The maximum Gasteiger partial charge on any atom is 0.333 e. The molecule has 0 fully saturated rings. The molecular formula is C8H12N2O3. The molecule has 72 valence electrons. The molecule has 0 saturated carbocycles. The van der Waals surface area contributed by atoms with Crippen LogP contribution in [0.3, 0.4) is 0 Å². The molecule has 1 heterocycles. The second kappa shape index (κ2) is 4.04. The first-order valence-corrected chi connectivity index (χ1v) is 3.86. The van der Waals surface area contributed by atoms with Crippen molar-refractivity contribution in [2.45, 2.75) is 12.5 Å². The van der Waals surface area contributed by atoms with Gasteiger partial charge in [-0.2, -0.15) is 0 Å². The van der Waals surface area contributed by atoms with Gasteiger partial charge in [0, 0.05) is 26.8 Å². The minimum atomic E-state index is -0.965. The Labute approximate surface area is 76.0 Å². The topological polar surface area (TPSA) is 64.4 Å². The van der Waals surface area contributed by atoms with Crippen molar-refractivity contribution in [2.24, 2.45) is 7.05 Å². The van der Waals surface area contributed by atoms with E-state index >= 15 is 0 Å². The molecule has 1 N–H and O–H groups in total. The lowest BCUT2D eigenvalue weighted by Crippen LogP contribution is -2.24. The quantitative estimate of drug-likeness (QED) is 0.718. The number of hydrogen-bond donors (Lipinski definition) is 1. The predicted octanol–water partition coefficient (Wildman–Crippen LogP) is 0.0622. The summed E-state index contributed by atoms with van der Waals surface area (Å²) >= 11 is 0. The molecule has 0 aliphatic rings. The number of carbonyl (C=O) groups is 1. The summed E-state index contributed by atoms with van der Waals surface area (Å²) < 4.78 is 6.54. The van der Waals surface area contributed by atoms with Gasteiger partial charge in [-0.1, -0.05) is 0 Å². The summed E-state index contributed by atoms with van der Waals surface area (Å²) in [5, 5.41) is 8.68. The fourth-order valence-corrected chi connectivity index (χ4v) is 1.03. The largest absolute Gasteiger partial charge is 0.479 e. The van der Waals surface area contributed by atoms with Gasteiger partial charge in [-0.3, -0.25) is 0 Å². The zero-order valence-corrected chi connectivity index (χ0v) is 7.60. The van der Waals surface area contributed by atoms with E-state index in [2.05, 4.69) is 4.98 Å². The molecule has 0 radical (unpaired) electrons. The third-order valence-corrected chi connectivity index (χ3v) is 1.71. The first-order valence-electron chi connectivity index (χ1n) is 3.86. The Morgan fingerprint density at radius 3 is 2.92 bits per heavy atom. The molecule has 0 amide bonds. The zero-order chi connectivity index (χ0) is 9.84. The van der Waals surface area contributed by atoms with Crippen molar-refractivity contribution in [3.8, 4) is 0 Å². The summed E-state index contributed by atoms with van der Waals surface area (Å²) in [5.74, 6) is -0.965. The number of aryl methyl sites for hydroxylation is 1. The number of carboxylic acids is 1. The van der Waals surface area contributed by atoms with Crippen molar-refractivity contribution in [3.05, 3.63) is 18.2 Å². The van der Waals surface area contributed by atoms with Crippen molar-refractivity contribution >= 4 is 5.97 Å². The number of aliphatic carboxylic acids is 1. The standard InChI is InChI=1S/C8H12N2O3/c1-10-4-6(9-5-10)3-7(13-2)8(11)12/h4-5,7H,3H2,1-2H3,(H,11,12)/t7-/m0/s1. The van der Waals surface area contributed by atoms with Crippen LogP contribution in [0.15, 0.2) is 12.5 Å². The summed E-state index contributed by atoms with van der Waals surface area (Å²) in [6.45, 7) is 0. The van der Waals surface area contributed by atoms with E-state index < -0.39 is 12.1 Å². The molecule has 1 atom stereocenters. The number of rotatable bonds is 4. The van der Waals surface area contributed by atoms with Gasteiger partial charge < -0.3 is 14.4 Å². The Morgan fingerprint density at radius 2 is 2.54 bits per heavy atom. The van der Waals surface area contributed by atoms with E-state index in [1.807, 2.05) is 7.05 Å². The van der Waals surface area contributed by atoms with Crippen LogP contribution in [-0.4, -0.2) is 33.8 Å². The van der Waals surface area contributed by atoms with Gasteiger partial charge >= 0.3 is 5.97 Å². The average molecular weight is 184 g/mol. The van der Waals surface area contributed by atoms with Gasteiger partial charge in [-0.25, -0.2) is 9.78 Å². The highest BCUT2D eigenvalue weighted by molar-refractivity contribution is 5.72. The Balaban J connectivity index is 2.61. The average Bonchev–Trinajstić information content (AvgIpc) is 2.46.